The molecule has 0 N–H and O–H groups in total. The van der Waals surface area contributed by atoms with Crippen molar-refractivity contribution in [3.8, 4) is 22.6 Å². The van der Waals surface area contributed by atoms with Crippen LogP contribution in [0.2, 0.25) is 0 Å². The molecule has 0 unspecified atom stereocenters. The third kappa shape index (κ3) is 3.39. The molecule has 0 aliphatic carbocycles. The van der Waals surface area contributed by atoms with Crippen molar-refractivity contribution in [2.45, 2.75) is 10.1 Å². The Hall–Kier alpha value is -2.44. The molecule has 0 bridgehead atoms. The lowest BCUT2D eigenvalue weighted by Crippen LogP contribution is -1.82. The lowest BCUT2D eigenvalue weighted by molar-refractivity contribution is 0.391. The van der Waals surface area contributed by atoms with E-state index in [0.29, 0.717) is 17.5 Å². The minimum absolute atomic E-state index is 0.607. The van der Waals surface area contributed by atoms with Crippen LogP contribution in [0.3, 0.4) is 0 Å². The maximum Gasteiger partial charge on any atom is 0.237 e. The summed E-state index contributed by atoms with van der Waals surface area (Å²) in [5.74, 6) is 1.84. The fourth-order valence-electron chi connectivity index (χ4n) is 2.21. The minimum atomic E-state index is 0.607. The molecule has 24 heavy (non-hydrogen) atoms. The van der Waals surface area contributed by atoms with Crippen molar-refractivity contribution in [2.24, 2.45) is 0 Å². The number of hydrogen-bond donors (Lipinski definition) is 0. The molecule has 0 aliphatic rings. The van der Waals surface area contributed by atoms with Gasteiger partial charge in [0, 0.05) is 16.5 Å². The van der Waals surface area contributed by atoms with Gasteiger partial charge >= 0.3 is 0 Å². The molecule has 0 atom stereocenters. The average Bonchev–Trinajstić information content (AvgIpc) is 3.31. The summed E-state index contributed by atoms with van der Waals surface area (Å²) in [6.45, 7) is 0. The van der Waals surface area contributed by atoms with Crippen LogP contribution in [0.1, 0.15) is 5.89 Å². The summed E-state index contributed by atoms with van der Waals surface area (Å²) >= 11 is 3.24. The van der Waals surface area contributed by atoms with E-state index >= 15 is 0 Å². The van der Waals surface area contributed by atoms with Crippen molar-refractivity contribution < 1.29 is 4.52 Å². The summed E-state index contributed by atoms with van der Waals surface area (Å²) in [7, 11) is 0. The SMILES string of the molecule is c1ccc(-c2csc(SCc3nc(-c4ccccc4)no3)n2)cc1. The first-order valence-corrected chi connectivity index (χ1v) is 9.27. The predicted molar refractivity (Wildman–Crippen MR) is 96.8 cm³/mol. The molecule has 0 spiro atoms. The van der Waals surface area contributed by atoms with Gasteiger partial charge in [0.25, 0.3) is 0 Å². The maximum atomic E-state index is 5.33. The molecule has 2 aromatic heterocycles. The van der Waals surface area contributed by atoms with Gasteiger partial charge in [-0.3, -0.25) is 0 Å². The van der Waals surface area contributed by atoms with Gasteiger partial charge in [-0.25, -0.2) is 4.98 Å². The molecule has 4 nitrogen and oxygen atoms in total. The van der Waals surface area contributed by atoms with Gasteiger partial charge in [0.15, 0.2) is 4.34 Å². The van der Waals surface area contributed by atoms with Crippen molar-refractivity contribution in [3.63, 3.8) is 0 Å². The summed E-state index contributed by atoms with van der Waals surface area (Å²) in [6, 6.07) is 20.0. The molecule has 2 heterocycles. The van der Waals surface area contributed by atoms with Crippen LogP contribution in [0.15, 0.2) is 74.9 Å². The largest absolute Gasteiger partial charge is 0.338 e. The molecule has 118 valence electrons. The Kier molecular flexibility index (Phi) is 4.40. The van der Waals surface area contributed by atoms with Gasteiger partial charge in [-0.1, -0.05) is 77.6 Å². The summed E-state index contributed by atoms with van der Waals surface area (Å²) < 4.78 is 6.32. The minimum Gasteiger partial charge on any atom is -0.338 e. The fraction of sp³-hybridized carbons (Fsp3) is 0.0556. The van der Waals surface area contributed by atoms with Crippen molar-refractivity contribution in [1.82, 2.24) is 15.1 Å². The first-order valence-electron chi connectivity index (χ1n) is 7.40. The van der Waals surface area contributed by atoms with Gasteiger partial charge < -0.3 is 4.52 Å². The molecule has 4 rings (SSSR count). The van der Waals surface area contributed by atoms with Crippen LogP contribution in [0.5, 0.6) is 0 Å². The second-order valence-corrected chi connectivity index (χ2v) is 7.11. The van der Waals surface area contributed by atoms with Crippen LogP contribution in [-0.4, -0.2) is 15.1 Å². The Morgan fingerprint density at radius 2 is 1.58 bits per heavy atom. The highest BCUT2D eigenvalue weighted by atomic mass is 32.2. The van der Waals surface area contributed by atoms with Crippen molar-refractivity contribution in [3.05, 3.63) is 71.9 Å². The number of thiazole rings is 1. The molecule has 0 saturated heterocycles. The Balaban J connectivity index is 1.43. The van der Waals surface area contributed by atoms with Gasteiger partial charge in [0.1, 0.15) is 0 Å². The van der Waals surface area contributed by atoms with Gasteiger partial charge in [0.05, 0.1) is 11.4 Å². The van der Waals surface area contributed by atoms with Gasteiger partial charge in [0.2, 0.25) is 11.7 Å². The number of aromatic nitrogens is 3. The first kappa shape index (κ1) is 15.1. The quantitative estimate of drug-likeness (QED) is 0.465. The van der Waals surface area contributed by atoms with E-state index in [4.69, 9.17) is 4.52 Å². The Morgan fingerprint density at radius 3 is 2.33 bits per heavy atom. The third-order valence-corrected chi connectivity index (χ3v) is 5.38. The van der Waals surface area contributed by atoms with Gasteiger partial charge in [-0.2, -0.15) is 4.98 Å². The van der Waals surface area contributed by atoms with E-state index in [1.165, 1.54) is 0 Å². The van der Waals surface area contributed by atoms with Crippen LogP contribution in [0, 0.1) is 0 Å². The van der Waals surface area contributed by atoms with Crippen LogP contribution >= 0.6 is 23.1 Å². The molecule has 2 aromatic carbocycles. The highest BCUT2D eigenvalue weighted by Crippen LogP contribution is 2.30. The smallest absolute Gasteiger partial charge is 0.237 e. The van der Waals surface area contributed by atoms with E-state index in [9.17, 15) is 0 Å². The molecule has 0 fully saturated rings. The number of hydrogen-bond acceptors (Lipinski definition) is 6. The standard InChI is InChI=1S/C18H13N3OS2/c1-3-7-13(8-4-1)15-11-23-18(19-15)24-12-16-20-17(21-22-16)14-9-5-2-6-10-14/h1-11H,12H2. The van der Waals surface area contributed by atoms with Crippen LogP contribution < -0.4 is 0 Å². The second-order valence-electron chi connectivity index (χ2n) is 5.03. The summed E-state index contributed by atoms with van der Waals surface area (Å²) in [5.41, 5.74) is 3.08. The van der Waals surface area contributed by atoms with E-state index < -0.39 is 0 Å². The van der Waals surface area contributed by atoms with E-state index in [-0.39, 0.29) is 0 Å². The lowest BCUT2D eigenvalue weighted by atomic mass is 10.2. The zero-order valence-electron chi connectivity index (χ0n) is 12.6. The first-order chi connectivity index (χ1) is 11.9. The predicted octanol–water partition coefficient (Wildman–Crippen LogP) is 5.15. The van der Waals surface area contributed by atoms with E-state index in [2.05, 4.69) is 32.6 Å². The van der Waals surface area contributed by atoms with Gasteiger partial charge in [-0.15, -0.1) is 11.3 Å². The maximum absolute atomic E-state index is 5.33. The highest BCUT2D eigenvalue weighted by molar-refractivity contribution is 8.00. The van der Waals surface area contributed by atoms with E-state index in [0.717, 1.165) is 21.2 Å². The summed E-state index contributed by atoms with van der Waals surface area (Å²) in [4.78, 5) is 9.09. The van der Waals surface area contributed by atoms with Crippen LogP contribution in [-0.2, 0) is 5.75 Å². The molecular weight excluding hydrogens is 338 g/mol. The number of rotatable bonds is 5. The summed E-state index contributed by atoms with van der Waals surface area (Å²) in [6.07, 6.45) is 0. The molecule has 0 amide bonds. The second kappa shape index (κ2) is 6.98. The fourth-order valence-corrected chi connectivity index (χ4v) is 3.88. The van der Waals surface area contributed by atoms with Crippen molar-refractivity contribution >= 4 is 23.1 Å². The average molecular weight is 351 g/mol. The van der Waals surface area contributed by atoms with E-state index in [1.54, 1.807) is 23.1 Å². The molecule has 6 heteroatoms. The molecule has 0 aliphatic heterocycles. The lowest BCUT2D eigenvalue weighted by Gasteiger charge is -1.94. The Bertz CT molecular complexity index is 842. The Morgan fingerprint density at radius 1 is 0.875 bits per heavy atom. The van der Waals surface area contributed by atoms with Gasteiger partial charge in [-0.05, 0) is 0 Å². The van der Waals surface area contributed by atoms with Crippen molar-refractivity contribution in [2.75, 3.05) is 0 Å². The molecule has 0 radical (unpaired) electrons. The van der Waals surface area contributed by atoms with Crippen LogP contribution in [0.4, 0.5) is 0 Å². The van der Waals surface area contributed by atoms with Crippen LogP contribution in [0.25, 0.3) is 22.6 Å². The highest BCUT2D eigenvalue weighted by Gasteiger charge is 2.10. The number of thioether (sulfide) groups is 1. The third-order valence-electron chi connectivity index (χ3n) is 3.37. The zero-order valence-corrected chi connectivity index (χ0v) is 14.3. The molecule has 4 aromatic rings. The topological polar surface area (TPSA) is 51.8 Å². The monoisotopic (exact) mass is 351 g/mol. The number of benzene rings is 2. The normalized spacial score (nSPS) is 10.8. The Labute approximate surface area is 147 Å². The zero-order chi connectivity index (χ0) is 16.2. The molecule has 0 saturated carbocycles. The number of nitrogens with zero attached hydrogens (tertiary/aromatic N) is 3. The molecular formula is C18H13N3OS2. The van der Waals surface area contributed by atoms with E-state index in [1.807, 2.05) is 48.5 Å². The van der Waals surface area contributed by atoms with Crippen molar-refractivity contribution in [1.29, 1.82) is 0 Å². The summed E-state index contributed by atoms with van der Waals surface area (Å²) in [5, 5.41) is 6.11.